The number of aliphatic carboxylic acids is 1. The lowest BCUT2D eigenvalue weighted by Crippen LogP contribution is -2.41. The lowest BCUT2D eigenvalue weighted by atomic mass is 10.1. The molecule has 1 atom stereocenters. The molecule has 1 unspecified atom stereocenters. The summed E-state index contributed by atoms with van der Waals surface area (Å²) in [7, 11) is 0. The topological polar surface area (TPSA) is 78.4 Å². The van der Waals surface area contributed by atoms with Gasteiger partial charge in [-0.25, -0.2) is 0 Å². The molecule has 0 fully saturated rings. The van der Waals surface area contributed by atoms with Crippen molar-refractivity contribution in [2.45, 2.75) is 32.0 Å². The number of rotatable bonds is 7. The SMILES string of the molecule is CCCC(NCC(=O)Nc1ccc(Cl)c(C(F)(F)F)c1)C(=O)O. The maximum atomic E-state index is 12.7. The summed E-state index contributed by atoms with van der Waals surface area (Å²) in [5.74, 6) is -1.74. The fraction of sp³-hybridized carbons (Fsp3) is 0.429. The quantitative estimate of drug-likeness (QED) is 0.704. The van der Waals surface area contributed by atoms with Crippen LogP contribution in [-0.2, 0) is 15.8 Å². The average molecular weight is 353 g/mol. The minimum absolute atomic E-state index is 0.0732. The maximum absolute atomic E-state index is 12.7. The summed E-state index contributed by atoms with van der Waals surface area (Å²) in [5, 5.41) is 13.3. The van der Waals surface area contributed by atoms with E-state index in [2.05, 4.69) is 10.6 Å². The number of amides is 1. The monoisotopic (exact) mass is 352 g/mol. The normalized spacial score (nSPS) is 12.7. The van der Waals surface area contributed by atoms with Crippen molar-refractivity contribution >= 4 is 29.2 Å². The van der Waals surface area contributed by atoms with Gasteiger partial charge in [-0.15, -0.1) is 0 Å². The maximum Gasteiger partial charge on any atom is 0.417 e. The predicted octanol–water partition coefficient (Wildman–Crippen LogP) is 3.14. The lowest BCUT2D eigenvalue weighted by Gasteiger charge is -2.14. The molecule has 3 N–H and O–H groups in total. The predicted molar refractivity (Wildman–Crippen MR) is 79.4 cm³/mol. The van der Waals surface area contributed by atoms with Gasteiger partial charge >= 0.3 is 12.1 Å². The molecule has 128 valence electrons. The van der Waals surface area contributed by atoms with Crippen molar-refractivity contribution < 1.29 is 27.9 Å². The van der Waals surface area contributed by atoms with Gasteiger partial charge in [0.15, 0.2) is 0 Å². The summed E-state index contributed by atoms with van der Waals surface area (Å²) in [4.78, 5) is 22.6. The zero-order valence-electron chi connectivity index (χ0n) is 12.2. The van der Waals surface area contributed by atoms with Gasteiger partial charge in [-0.05, 0) is 24.6 Å². The van der Waals surface area contributed by atoms with Crippen molar-refractivity contribution in [1.29, 1.82) is 0 Å². The highest BCUT2D eigenvalue weighted by atomic mass is 35.5. The first kappa shape index (κ1) is 19.2. The number of hydrogen-bond donors (Lipinski definition) is 3. The Bertz CT molecular complexity index is 579. The third kappa shape index (κ3) is 6.07. The molecule has 0 aliphatic heterocycles. The number of alkyl halides is 3. The summed E-state index contributed by atoms with van der Waals surface area (Å²) < 4.78 is 38.2. The van der Waals surface area contributed by atoms with Gasteiger partial charge < -0.3 is 10.4 Å². The van der Waals surface area contributed by atoms with Crippen LogP contribution in [0.25, 0.3) is 0 Å². The second-order valence-corrected chi connectivity index (χ2v) is 5.21. The lowest BCUT2D eigenvalue weighted by molar-refractivity contribution is -0.140. The third-order valence-electron chi connectivity index (χ3n) is 2.94. The molecule has 0 aliphatic rings. The van der Waals surface area contributed by atoms with E-state index in [1.165, 1.54) is 6.07 Å². The molecular weight excluding hydrogens is 337 g/mol. The first-order valence-electron chi connectivity index (χ1n) is 6.78. The zero-order chi connectivity index (χ0) is 17.6. The van der Waals surface area contributed by atoms with Gasteiger partial charge in [-0.3, -0.25) is 14.9 Å². The summed E-state index contributed by atoms with van der Waals surface area (Å²) in [6.45, 7) is 1.46. The number of carbonyl (C=O) groups excluding carboxylic acids is 1. The summed E-state index contributed by atoms with van der Waals surface area (Å²) in [6, 6.07) is 2.10. The van der Waals surface area contributed by atoms with Crippen LogP contribution in [0.2, 0.25) is 5.02 Å². The highest BCUT2D eigenvalue weighted by molar-refractivity contribution is 6.31. The van der Waals surface area contributed by atoms with Gasteiger partial charge in [0.2, 0.25) is 5.91 Å². The number of hydrogen-bond acceptors (Lipinski definition) is 3. The van der Waals surface area contributed by atoms with E-state index in [1.54, 1.807) is 6.92 Å². The van der Waals surface area contributed by atoms with Crippen LogP contribution in [-0.4, -0.2) is 29.6 Å². The fourth-order valence-corrected chi connectivity index (χ4v) is 2.07. The smallest absolute Gasteiger partial charge is 0.417 e. The molecule has 0 radical (unpaired) electrons. The van der Waals surface area contributed by atoms with Crippen molar-refractivity contribution in [3.8, 4) is 0 Å². The van der Waals surface area contributed by atoms with E-state index in [-0.39, 0.29) is 12.2 Å². The minimum Gasteiger partial charge on any atom is -0.480 e. The molecule has 0 saturated carbocycles. The van der Waals surface area contributed by atoms with Gasteiger partial charge in [-0.1, -0.05) is 24.9 Å². The van der Waals surface area contributed by atoms with Crippen LogP contribution in [0.15, 0.2) is 18.2 Å². The molecule has 0 aromatic heterocycles. The largest absolute Gasteiger partial charge is 0.480 e. The van der Waals surface area contributed by atoms with Crippen molar-refractivity contribution in [1.82, 2.24) is 5.32 Å². The van der Waals surface area contributed by atoms with E-state index in [0.29, 0.717) is 12.8 Å². The number of carboxylic acid groups (broad SMARTS) is 1. The van der Waals surface area contributed by atoms with Crippen molar-refractivity contribution in [2.24, 2.45) is 0 Å². The molecule has 1 aromatic rings. The van der Waals surface area contributed by atoms with E-state index in [4.69, 9.17) is 16.7 Å². The molecule has 1 rings (SSSR count). The molecule has 5 nitrogen and oxygen atoms in total. The van der Waals surface area contributed by atoms with Crippen LogP contribution in [0.3, 0.4) is 0 Å². The highest BCUT2D eigenvalue weighted by Crippen LogP contribution is 2.36. The van der Waals surface area contributed by atoms with Crippen LogP contribution in [0, 0.1) is 0 Å². The van der Waals surface area contributed by atoms with Gasteiger partial charge in [0, 0.05) is 5.69 Å². The number of anilines is 1. The second kappa shape index (κ2) is 8.16. The van der Waals surface area contributed by atoms with Crippen LogP contribution >= 0.6 is 11.6 Å². The van der Waals surface area contributed by atoms with E-state index in [9.17, 15) is 22.8 Å². The summed E-state index contributed by atoms with van der Waals surface area (Å²) >= 11 is 5.48. The molecule has 1 amide bonds. The van der Waals surface area contributed by atoms with E-state index in [0.717, 1.165) is 12.1 Å². The van der Waals surface area contributed by atoms with Gasteiger partial charge in [-0.2, -0.15) is 13.2 Å². The number of nitrogens with one attached hydrogen (secondary N) is 2. The number of halogens is 4. The van der Waals surface area contributed by atoms with Crippen molar-refractivity contribution in [2.75, 3.05) is 11.9 Å². The van der Waals surface area contributed by atoms with E-state index in [1.807, 2.05) is 0 Å². The number of carboxylic acids is 1. The highest BCUT2D eigenvalue weighted by Gasteiger charge is 2.33. The van der Waals surface area contributed by atoms with Crippen LogP contribution < -0.4 is 10.6 Å². The fourth-order valence-electron chi connectivity index (χ4n) is 1.84. The van der Waals surface area contributed by atoms with Gasteiger partial charge in [0.1, 0.15) is 6.04 Å². The Labute approximate surface area is 135 Å². The van der Waals surface area contributed by atoms with Crippen LogP contribution in [0.1, 0.15) is 25.3 Å². The van der Waals surface area contributed by atoms with Crippen LogP contribution in [0.4, 0.5) is 18.9 Å². The Morgan fingerprint density at radius 3 is 2.52 bits per heavy atom. The molecule has 9 heteroatoms. The first-order chi connectivity index (χ1) is 10.6. The molecule has 1 aromatic carbocycles. The van der Waals surface area contributed by atoms with Gasteiger partial charge in [0.25, 0.3) is 0 Å². The molecule has 0 bridgehead atoms. The number of benzene rings is 1. The molecule has 0 saturated heterocycles. The molecular formula is C14H16ClF3N2O3. The summed E-state index contributed by atoms with van der Waals surface area (Å²) in [5.41, 5.74) is -1.13. The van der Waals surface area contributed by atoms with E-state index >= 15 is 0 Å². The molecule has 0 aliphatic carbocycles. The zero-order valence-corrected chi connectivity index (χ0v) is 13.0. The molecule has 0 heterocycles. The first-order valence-corrected chi connectivity index (χ1v) is 7.15. The van der Waals surface area contributed by atoms with Gasteiger partial charge in [0.05, 0.1) is 17.1 Å². The van der Waals surface area contributed by atoms with Crippen LogP contribution in [0.5, 0.6) is 0 Å². The van der Waals surface area contributed by atoms with Crippen molar-refractivity contribution in [3.05, 3.63) is 28.8 Å². The minimum atomic E-state index is -4.63. The standard InChI is InChI=1S/C14H16ClF3N2O3/c1-2-3-11(13(22)23)19-7-12(21)20-8-4-5-10(15)9(6-8)14(16,17)18/h4-6,11,19H,2-3,7H2,1H3,(H,20,21)(H,22,23). The molecule has 23 heavy (non-hydrogen) atoms. The Morgan fingerprint density at radius 2 is 2.00 bits per heavy atom. The summed E-state index contributed by atoms with van der Waals surface area (Å²) in [6.07, 6.45) is -3.69. The molecule has 0 spiro atoms. The Morgan fingerprint density at radius 1 is 1.35 bits per heavy atom. The Hall–Kier alpha value is -1.80. The van der Waals surface area contributed by atoms with Crippen molar-refractivity contribution in [3.63, 3.8) is 0 Å². The Balaban J connectivity index is 2.69. The number of carbonyl (C=O) groups is 2. The van der Waals surface area contributed by atoms with E-state index < -0.39 is 34.7 Å². The third-order valence-corrected chi connectivity index (χ3v) is 3.27. The Kier molecular flexibility index (Phi) is 6.83. The second-order valence-electron chi connectivity index (χ2n) is 4.80. The average Bonchev–Trinajstić information content (AvgIpc) is 2.44.